The van der Waals surface area contributed by atoms with Crippen LogP contribution < -0.4 is 5.32 Å². The summed E-state index contributed by atoms with van der Waals surface area (Å²) in [4.78, 5) is 28.8. The van der Waals surface area contributed by atoms with Gasteiger partial charge in [0, 0.05) is 24.3 Å². The topological polar surface area (TPSA) is 93.5 Å². The van der Waals surface area contributed by atoms with Gasteiger partial charge in [-0.2, -0.15) is 0 Å². The standard InChI is InChI=1S/C22H24ClN3O4S/c1-22(2,3)18(21(29)30-12-13-7-5-4-6-8-13)24-9-14-16(23)10-25-19-17(14)15(20(27)28)11-26(19)31/h4-8,10-11,18,24,31H,9,12H2,1-3H3,(H,27,28). The summed E-state index contributed by atoms with van der Waals surface area (Å²) in [5.74, 6) is -1.51. The van der Waals surface area contributed by atoms with Crippen molar-refractivity contribution in [3.8, 4) is 0 Å². The molecule has 2 N–H and O–H groups in total. The molecule has 3 rings (SSSR count). The van der Waals surface area contributed by atoms with Crippen LogP contribution in [0.5, 0.6) is 0 Å². The maximum atomic E-state index is 12.9. The molecule has 0 aliphatic carbocycles. The quantitative estimate of drug-likeness (QED) is 0.358. The highest BCUT2D eigenvalue weighted by Gasteiger charge is 2.33. The first kappa shape index (κ1) is 23.1. The number of halogens is 1. The fraction of sp³-hybridized carbons (Fsp3) is 0.318. The lowest BCUT2D eigenvalue weighted by Gasteiger charge is -2.30. The molecule has 0 bridgehead atoms. The van der Waals surface area contributed by atoms with E-state index in [4.69, 9.17) is 16.3 Å². The Morgan fingerprint density at radius 1 is 1.29 bits per heavy atom. The number of carbonyl (C=O) groups excluding carboxylic acids is 1. The van der Waals surface area contributed by atoms with E-state index in [9.17, 15) is 14.7 Å². The van der Waals surface area contributed by atoms with E-state index in [1.807, 2.05) is 51.1 Å². The molecule has 7 nitrogen and oxygen atoms in total. The van der Waals surface area contributed by atoms with Gasteiger partial charge in [0.05, 0.1) is 10.6 Å². The number of pyridine rings is 1. The number of carbonyl (C=O) groups is 2. The highest BCUT2D eigenvalue weighted by Crippen LogP contribution is 2.30. The molecule has 0 aliphatic heterocycles. The van der Waals surface area contributed by atoms with Crippen LogP contribution in [0.1, 0.15) is 42.3 Å². The monoisotopic (exact) mass is 461 g/mol. The number of esters is 1. The Labute approximate surface area is 190 Å². The second-order valence-corrected chi connectivity index (χ2v) is 9.09. The van der Waals surface area contributed by atoms with Gasteiger partial charge in [-0.3, -0.25) is 14.1 Å². The van der Waals surface area contributed by atoms with Gasteiger partial charge in [-0.1, -0.05) is 75.5 Å². The maximum absolute atomic E-state index is 12.9. The molecule has 0 amide bonds. The Hall–Kier alpha value is -2.55. The van der Waals surface area contributed by atoms with Crippen molar-refractivity contribution in [2.45, 2.75) is 40.0 Å². The number of fused-ring (bicyclic) bond motifs is 1. The van der Waals surface area contributed by atoms with Gasteiger partial charge in [-0.05, 0) is 16.5 Å². The molecular weight excluding hydrogens is 438 g/mol. The number of thiol groups is 1. The molecule has 3 aromatic rings. The lowest BCUT2D eigenvalue weighted by Crippen LogP contribution is -2.47. The van der Waals surface area contributed by atoms with Crippen LogP contribution in [-0.4, -0.2) is 32.0 Å². The third-order valence-corrected chi connectivity index (χ3v) is 5.52. The van der Waals surface area contributed by atoms with Gasteiger partial charge in [0.2, 0.25) is 0 Å². The highest BCUT2D eigenvalue weighted by atomic mass is 35.5. The van der Waals surface area contributed by atoms with Crippen LogP contribution in [-0.2, 0) is 22.7 Å². The van der Waals surface area contributed by atoms with E-state index in [-0.39, 0.29) is 18.7 Å². The molecule has 0 aliphatic rings. The summed E-state index contributed by atoms with van der Waals surface area (Å²) in [7, 11) is 0. The van der Waals surface area contributed by atoms with Crippen LogP contribution >= 0.6 is 24.4 Å². The number of ether oxygens (including phenoxy) is 1. The van der Waals surface area contributed by atoms with E-state index in [0.717, 1.165) is 5.56 Å². The fourth-order valence-corrected chi connectivity index (χ4v) is 3.79. The molecular formula is C22H24ClN3O4S. The minimum atomic E-state index is -1.11. The Kier molecular flexibility index (Phi) is 6.93. The molecule has 1 unspecified atom stereocenters. The van der Waals surface area contributed by atoms with Crippen LogP contribution in [0, 0.1) is 5.41 Å². The summed E-state index contributed by atoms with van der Waals surface area (Å²) in [6, 6.07) is 8.78. The van der Waals surface area contributed by atoms with Gasteiger partial charge < -0.3 is 9.84 Å². The third-order valence-electron chi connectivity index (χ3n) is 4.89. The number of nitrogens with one attached hydrogen (secondary N) is 1. The molecule has 31 heavy (non-hydrogen) atoms. The number of carboxylic acid groups (broad SMARTS) is 1. The zero-order valence-electron chi connectivity index (χ0n) is 17.4. The molecule has 0 saturated carbocycles. The van der Waals surface area contributed by atoms with Gasteiger partial charge in [0.15, 0.2) is 5.65 Å². The van der Waals surface area contributed by atoms with Gasteiger partial charge in [-0.15, -0.1) is 0 Å². The SMILES string of the molecule is CC(C)(C)C(NCc1c(Cl)cnc2c1c(C(=O)O)cn2S)C(=O)OCc1ccccc1. The van der Waals surface area contributed by atoms with Crippen molar-refractivity contribution < 1.29 is 19.4 Å². The summed E-state index contributed by atoms with van der Waals surface area (Å²) in [6.07, 6.45) is 2.82. The van der Waals surface area contributed by atoms with Crippen molar-refractivity contribution in [2.24, 2.45) is 5.41 Å². The molecule has 9 heteroatoms. The second-order valence-electron chi connectivity index (χ2n) is 8.25. The number of nitrogens with zero attached hydrogens (tertiary/aromatic N) is 2. The average Bonchev–Trinajstić information content (AvgIpc) is 3.05. The van der Waals surface area contributed by atoms with Crippen molar-refractivity contribution in [1.29, 1.82) is 0 Å². The molecule has 0 spiro atoms. The zero-order valence-corrected chi connectivity index (χ0v) is 19.1. The molecule has 1 aromatic carbocycles. The van der Waals surface area contributed by atoms with Gasteiger partial charge in [0.1, 0.15) is 12.6 Å². The summed E-state index contributed by atoms with van der Waals surface area (Å²) in [6.45, 7) is 6.08. The van der Waals surface area contributed by atoms with E-state index in [0.29, 0.717) is 21.6 Å². The van der Waals surface area contributed by atoms with Crippen LogP contribution in [0.25, 0.3) is 11.0 Å². The Balaban J connectivity index is 1.85. The summed E-state index contributed by atoms with van der Waals surface area (Å²) in [5, 5.41) is 13.5. The summed E-state index contributed by atoms with van der Waals surface area (Å²) in [5.41, 5.74) is 1.37. The van der Waals surface area contributed by atoms with E-state index in [2.05, 4.69) is 23.1 Å². The minimum Gasteiger partial charge on any atom is -0.478 e. The molecule has 0 radical (unpaired) electrons. The summed E-state index contributed by atoms with van der Waals surface area (Å²) >= 11 is 10.6. The number of benzene rings is 1. The number of aromatic nitrogens is 2. The van der Waals surface area contributed by atoms with Crippen molar-refractivity contribution >= 4 is 47.4 Å². The van der Waals surface area contributed by atoms with Crippen molar-refractivity contribution in [3.05, 3.63) is 64.4 Å². The Morgan fingerprint density at radius 3 is 2.58 bits per heavy atom. The second kappa shape index (κ2) is 9.30. The zero-order chi connectivity index (χ0) is 22.8. The van der Waals surface area contributed by atoms with Crippen molar-refractivity contribution in [1.82, 2.24) is 14.3 Å². The van der Waals surface area contributed by atoms with E-state index >= 15 is 0 Å². The Morgan fingerprint density at radius 2 is 1.97 bits per heavy atom. The predicted molar refractivity (Wildman–Crippen MR) is 122 cm³/mol. The largest absolute Gasteiger partial charge is 0.478 e. The number of aromatic carboxylic acids is 1. The predicted octanol–water partition coefficient (Wildman–Crippen LogP) is 4.33. The van der Waals surface area contributed by atoms with Crippen LogP contribution in [0.15, 0.2) is 42.7 Å². The van der Waals surface area contributed by atoms with E-state index in [1.165, 1.54) is 16.4 Å². The minimum absolute atomic E-state index is 0.0377. The number of rotatable bonds is 7. The van der Waals surface area contributed by atoms with Gasteiger partial charge in [0.25, 0.3) is 0 Å². The highest BCUT2D eigenvalue weighted by molar-refractivity contribution is 7.78. The van der Waals surface area contributed by atoms with Crippen molar-refractivity contribution in [2.75, 3.05) is 0 Å². The lowest BCUT2D eigenvalue weighted by molar-refractivity contribution is -0.150. The molecule has 2 aromatic heterocycles. The normalized spacial score (nSPS) is 12.7. The molecule has 1 atom stereocenters. The maximum Gasteiger partial charge on any atom is 0.337 e. The first-order valence-corrected chi connectivity index (χ1v) is 10.4. The van der Waals surface area contributed by atoms with E-state index in [1.54, 1.807) is 0 Å². The number of hydrogen-bond donors (Lipinski definition) is 3. The lowest BCUT2D eigenvalue weighted by atomic mass is 9.86. The average molecular weight is 462 g/mol. The first-order chi connectivity index (χ1) is 14.6. The Bertz CT molecular complexity index is 1110. The van der Waals surface area contributed by atoms with Crippen LogP contribution in [0.4, 0.5) is 0 Å². The number of carboxylic acids is 1. The van der Waals surface area contributed by atoms with Crippen molar-refractivity contribution in [3.63, 3.8) is 0 Å². The third kappa shape index (κ3) is 5.20. The fourth-order valence-electron chi connectivity index (χ4n) is 3.31. The molecule has 0 fully saturated rings. The van der Waals surface area contributed by atoms with E-state index < -0.39 is 23.4 Å². The molecule has 2 heterocycles. The van der Waals surface area contributed by atoms with Gasteiger partial charge in [-0.25, -0.2) is 9.78 Å². The first-order valence-electron chi connectivity index (χ1n) is 9.64. The smallest absolute Gasteiger partial charge is 0.337 e. The molecule has 0 saturated heterocycles. The molecule has 164 valence electrons. The van der Waals surface area contributed by atoms with Crippen LogP contribution in [0.3, 0.4) is 0 Å². The number of hydrogen-bond acceptors (Lipinski definition) is 6. The van der Waals surface area contributed by atoms with Gasteiger partial charge >= 0.3 is 11.9 Å². The van der Waals surface area contributed by atoms with Crippen LogP contribution in [0.2, 0.25) is 5.02 Å². The summed E-state index contributed by atoms with van der Waals surface area (Å²) < 4.78 is 6.87.